The van der Waals surface area contributed by atoms with E-state index in [9.17, 15) is 14.4 Å². The fourth-order valence-corrected chi connectivity index (χ4v) is 3.70. The van der Waals surface area contributed by atoms with Gasteiger partial charge in [0.25, 0.3) is 0 Å². The van der Waals surface area contributed by atoms with E-state index in [-0.39, 0.29) is 18.4 Å². The molecule has 4 amide bonds. The fourth-order valence-electron chi connectivity index (χ4n) is 1.76. The highest BCUT2D eigenvalue weighted by molar-refractivity contribution is 8.01. The molecule has 1 aromatic rings. The number of anilines is 1. The maximum atomic E-state index is 12.0. The molecule has 8 nitrogen and oxygen atoms in total. The van der Waals surface area contributed by atoms with E-state index in [1.54, 1.807) is 4.90 Å². The van der Waals surface area contributed by atoms with Gasteiger partial charge >= 0.3 is 6.03 Å². The second-order valence-corrected chi connectivity index (χ2v) is 7.01. The Morgan fingerprint density at radius 3 is 2.73 bits per heavy atom. The molecule has 3 N–H and O–H groups in total. The minimum absolute atomic E-state index is 0.0519. The van der Waals surface area contributed by atoms with Crippen LogP contribution < -0.4 is 16.0 Å². The van der Waals surface area contributed by atoms with Gasteiger partial charge in [-0.05, 0) is 12.8 Å². The predicted molar refractivity (Wildman–Crippen MR) is 83.8 cm³/mol. The van der Waals surface area contributed by atoms with Gasteiger partial charge in [0, 0.05) is 24.6 Å². The monoisotopic (exact) mass is 343 g/mol. The van der Waals surface area contributed by atoms with E-state index in [4.69, 9.17) is 5.73 Å². The minimum atomic E-state index is -0.855. The molecule has 0 bridgehead atoms. The molecule has 0 aliphatic heterocycles. The van der Waals surface area contributed by atoms with E-state index in [0.717, 1.165) is 12.8 Å². The summed E-state index contributed by atoms with van der Waals surface area (Å²) in [6.45, 7) is 1.83. The van der Waals surface area contributed by atoms with E-state index in [2.05, 4.69) is 10.2 Å². The standard InChI is InChI=1S/C12H17N5O3S2/c1-2-9(19)17(7-3-4-7)11-15-16-12(22-11)21-6-5-8(18)14-10(13)20/h7H,2-6H2,1H3,(H3,13,14,18,20). The maximum Gasteiger partial charge on any atom is 0.318 e. The van der Waals surface area contributed by atoms with Gasteiger partial charge in [-0.3, -0.25) is 19.8 Å². The molecule has 1 heterocycles. The van der Waals surface area contributed by atoms with Gasteiger partial charge in [-0.2, -0.15) is 0 Å². The number of hydrogen-bond acceptors (Lipinski definition) is 7. The highest BCUT2D eigenvalue weighted by Crippen LogP contribution is 2.36. The van der Waals surface area contributed by atoms with Crippen LogP contribution in [0.5, 0.6) is 0 Å². The Morgan fingerprint density at radius 1 is 1.41 bits per heavy atom. The molecule has 1 aromatic heterocycles. The van der Waals surface area contributed by atoms with Crippen LogP contribution in [-0.2, 0) is 9.59 Å². The van der Waals surface area contributed by atoms with Crippen molar-refractivity contribution in [2.45, 2.75) is 43.0 Å². The molecule has 1 saturated carbocycles. The first-order chi connectivity index (χ1) is 10.5. The lowest BCUT2D eigenvalue weighted by Gasteiger charge is -2.17. The second-order valence-electron chi connectivity index (χ2n) is 4.71. The zero-order valence-corrected chi connectivity index (χ0v) is 13.7. The van der Waals surface area contributed by atoms with Crippen molar-refractivity contribution < 1.29 is 14.4 Å². The molecule has 2 rings (SSSR count). The van der Waals surface area contributed by atoms with Crippen molar-refractivity contribution in [1.82, 2.24) is 15.5 Å². The van der Waals surface area contributed by atoms with Crippen molar-refractivity contribution in [1.29, 1.82) is 0 Å². The normalized spacial score (nSPS) is 13.7. The van der Waals surface area contributed by atoms with Gasteiger partial charge in [0.1, 0.15) is 0 Å². The third kappa shape index (κ3) is 4.67. The highest BCUT2D eigenvalue weighted by atomic mass is 32.2. The number of primary amides is 1. The van der Waals surface area contributed by atoms with Crippen LogP contribution in [0.3, 0.4) is 0 Å². The number of nitrogens with zero attached hydrogens (tertiary/aromatic N) is 3. The van der Waals surface area contributed by atoms with E-state index in [1.807, 2.05) is 12.2 Å². The average molecular weight is 343 g/mol. The van der Waals surface area contributed by atoms with Gasteiger partial charge in [0.2, 0.25) is 16.9 Å². The molecular formula is C12H17N5O3S2. The Kier molecular flexibility index (Phi) is 5.72. The molecule has 22 heavy (non-hydrogen) atoms. The van der Waals surface area contributed by atoms with Crippen LogP contribution in [0.2, 0.25) is 0 Å². The maximum absolute atomic E-state index is 12.0. The van der Waals surface area contributed by atoms with Gasteiger partial charge < -0.3 is 5.73 Å². The second kappa shape index (κ2) is 7.54. The molecule has 120 valence electrons. The van der Waals surface area contributed by atoms with E-state index < -0.39 is 11.9 Å². The molecule has 0 atom stereocenters. The quantitative estimate of drug-likeness (QED) is 0.566. The summed E-state index contributed by atoms with van der Waals surface area (Å²) in [6.07, 6.45) is 2.59. The van der Waals surface area contributed by atoms with E-state index in [1.165, 1.54) is 23.1 Å². The first-order valence-corrected chi connectivity index (χ1v) is 8.69. The number of hydrogen-bond donors (Lipinski definition) is 2. The van der Waals surface area contributed by atoms with Gasteiger partial charge in [-0.15, -0.1) is 10.2 Å². The first kappa shape index (κ1) is 16.7. The molecule has 1 aliphatic rings. The van der Waals surface area contributed by atoms with Gasteiger partial charge in [0.15, 0.2) is 4.34 Å². The Labute approximate surface area is 135 Å². The summed E-state index contributed by atoms with van der Waals surface area (Å²) in [5.74, 6) is 0.0837. The summed E-state index contributed by atoms with van der Waals surface area (Å²) in [5, 5.41) is 10.7. The fraction of sp³-hybridized carbons (Fsp3) is 0.583. The predicted octanol–water partition coefficient (Wildman–Crippen LogP) is 1.12. The van der Waals surface area contributed by atoms with Crippen LogP contribution in [0.25, 0.3) is 0 Å². The molecule has 0 aromatic carbocycles. The van der Waals surface area contributed by atoms with E-state index >= 15 is 0 Å². The van der Waals surface area contributed by atoms with Crippen molar-refractivity contribution in [3.05, 3.63) is 0 Å². The Morgan fingerprint density at radius 2 is 2.14 bits per heavy atom. The summed E-state index contributed by atoms with van der Waals surface area (Å²) in [5.41, 5.74) is 4.85. The van der Waals surface area contributed by atoms with Crippen molar-refractivity contribution in [2.24, 2.45) is 5.73 Å². The topological polar surface area (TPSA) is 118 Å². The number of imide groups is 1. The Balaban J connectivity index is 1.87. The molecule has 0 spiro atoms. The van der Waals surface area contributed by atoms with Crippen LogP contribution >= 0.6 is 23.1 Å². The largest absolute Gasteiger partial charge is 0.351 e. The van der Waals surface area contributed by atoms with Crippen molar-refractivity contribution >= 4 is 46.1 Å². The molecule has 0 saturated heterocycles. The molecule has 0 radical (unpaired) electrons. The van der Waals surface area contributed by atoms with Gasteiger partial charge in [0.05, 0.1) is 0 Å². The zero-order chi connectivity index (χ0) is 16.1. The number of aromatic nitrogens is 2. The number of nitrogens with two attached hydrogens (primary N) is 1. The molecule has 1 fully saturated rings. The van der Waals surface area contributed by atoms with Gasteiger partial charge in [-0.25, -0.2) is 4.79 Å². The van der Waals surface area contributed by atoms with Gasteiger partial charge in [-0.1, -0.05) is 30.0 Å². The van der Waals surface area contributed by atoms with Crippen molar-refractivity contribution in [3.8, 4) is 0 Å². The first-order valence-electron chi connectivity index (χ1n) is 6.89. The third-order valence-electron chi connectivity index (χ3n) is 2.90. The Hall–Kier alpha value is -1.68. The Bertz CT molecular complexity index is 573. The molecule has 10 heteroatoms. The van der Waals surface area contributed by atoms with E-state index in [0.29, 0.717) is 21.6 Å². The summed E-state index contributed by atoms with van der Waals surface area (Å²) >= 11 is 2.70. The highest BCUT2D eigenvalue weighted by Gasteiger charge is 2.35. The number of thioether (sulfide) groups is 1. The van der Waals surface area contributed by atoms with Crippen molar-refractivity contribution in [3.63, 3.8) is 0 Å². The SMILES string of the molecule is CCC(=O)N(c1nnc(SCCC(=O)NC(N)=O)s1)C1CC1. The van der Waals surface area contributed by atoms with Crippen molar-refractivity contribution in [2.75, 3.05) is 10.7 Å². The summed E-state index contributed by atoms with van der Waals surface area (Å²) in [6, 6.07) is -0.606. The smallest absolute Gasteiger partial charge is 0.318 e. The lowest BCUT2D eigenvalue weighted by atomic mass is 10.4. The summed E-state index contributed by atoms with van der Waals surface area (Å²) < 4.78 is 0.691. The lowest BCUT2D eigenvalue weighted by molar-refractivity contribution is -0.120. The number of amides is 4. The number of carbonyl (C=O) groups excluding carboxylic acids is 3. The molecule has 0 unspecified atom stereocenters. The lowest BCUT2D eigenvalue weighted by Crippen LogP contribution is -2.35. The summed E-state index contributed by atoms with van der Waals surface area (Å²) in [7, 11) is 0. The molecular weight excluding hydrogens is 326 g/mol. The number of urea groups is 1. The van der Waals surface area contributed by atoms with Crippen LogP contribution in [0.15, 0.2) is 4.34 Å². The summed E-state index contributed by atoms with van der Waals surface area (Å²) in [4.78, 5) is 35.5. The van der Waals surface area contributed by atoms with Crippen LogP contribution in [0.1, 0.15) is 32.6 Å². The van der Waals surface area contributed by atoms with Crippen LogP contribution in [0.4, 0.5) is 9.93 Å². The number of rotatable bonds is 7. The zero-order valence-electron chi connectivity index (χ0n) is 12.1. The number of carbonyl (C=O) groups is 3. The minimum Gasteiger partial charge on any atom is -0.351 e. The van der Waals surface area contributed by atoms with Crippen LogP contribution in [0, 0.1) is 0 Å². The third-order valence-corrected chi connectivity index (χ3v) is 4.96. The number of nitrogens with one attached hydrogen (secondary N) is 1. The van der Waals surface area contributed by atoms with Crippen LogP contribution in [-0.4, -0.2) is 39.8 Å². The molecule has 1 aliphatic carbocycles. The average Bonchev–Trinajstić information content (AvgIpc) is 3.17.